The molecule has 2 N–H and O–H groups in total. The molecule has 0 unspecified atom stereocenters. The minimum absolute atomic E-state index is 0.847. The molecule has 0 saturated carbocycles. The highest BCUT2D eigenvalue weighted by Gasteiger charge is 2.14. The number of halogens is 1. The van der Waals surface area contributed by atoms with Crippen LogP contribution in [-0.2, 0) is 0 Å². The molecule has 2 rings (SSSR count). The van der Waals surface area contributed by atoms with E-state index in [1.165, 1.54) is 22.2 Å². The molecule has 0 amide bonds. The van der Waals surface area contributed by atoms with Gasteiger partial charge in [0.2, 0.25) is 0 Å². The Morgan fingerprint density at radius 3 is 2.75 bits per heavy atom. The van der Waals surface area contributed by atoms with E-state index < -0.39 is 0 Å². The van der Waals surface area contributed by atoms with E-state index in [0.29, 0.717) is 0 Å². The van der Waals surface area contributed by atoms with Crippen LogP contribution in [-0.4, -0.2) is 38.1 Å². The van der Waals surface area contributed by atoms with Gasteiger partial charge < -0.3 is 15.5 Å². The van der Waals surface area contributed by atoms with Crippen molar-refractivity contribution in [2.45, 2.75) is 6.42 Å². The number of likely N-dealkylation sites (N-methyl/N-ethyl adjacent to an activating group) is 1. The maximum atomic E-state index is 5.78. The van der Waals surface area contributed by atoms with Gasteiger partial charge in [-0.3, -0.25) is 0 Å². The van der Waals surface area contributed by atoms with Gasteiger partial charge in [-0.05, 0) is 60.8 Å². The Hall–Kier alpha value is -0.490. The molecule has 1 heterocycles. The molecule has 0 aromatic heterocycles. The third-order valence-corrected chi connectivity index (χ3v) is 3.90. The van der Waals surface area contributed by atoms with E-state index in [9.17, 15) is 0 Å². The van der Waals surface area contributed by atoms with E-state index in [2.05, 4.69) is 45.5 Å². The summed E-state index contributed by atoms with van der Waals surface area (Å²) in [6.45, 7) is 4.59. The smallest absolute Gasteiger partial charge is 0.0503 e. The van der Waals surface area contributed by atoms with Gasteiger partial charge in [-0.25, -0.2) is 0 Å². The average Bonchev–Trinajstić information content (AvgIpc) is 2.43. The van der Waals surface area contributed by atoms with Gasteiger partial charge in [0.25, 0.3) is 0 Å². The molecule has 1 aromatic rings. The Labute approximate surface area is 111 Å². The molecule has 0 spiro atoms. The Kier molecular flexibility index (Phi) is 3.91. The lowest BCUT2D eigenvalue weighted by atomic mass is 10.2. The van der Waals surface area contributed by atoms with Gasteiger partial charge >= 0.3 is 0 Å². The van der Waals surface area contributed by atoms with E-state index >= 15 is 0 Å². The maximum absolute atomic E-state index is 5.78. The Bertz CT molecular complexity index is 367. The van der Waals surface area contributed by atoms with Gasteiger partial charge in [-0.1, -0.05) is 0 Å². The zero-order valence-corrected chi connectivity index (χ0v) is 11.8. The monoisotopic (exact) mass is 331 g/mol. The highest BCUT2D eigenvalue weighted by Crippen LogP contribution is 2.25. The van der Waals surface area contributed by atoms with Crippen LogP contribution in [0, 0.1) is 3.57 Å². The lowest BCUT2D eigenvalue weighted by molar-refractivity contribution is 0.360. The summed E-state index contributed by atoms with van der Waals surface area (Å²) in [4.78, 5) is 4.86. The van der Waals surface area contributed by atoms with Crippen LogP contribution in [0.2, 0.25) is 0 Å². The molecule has 1 aromatic carbocycles. The number of hydrogen-bond donors (Lipinski definition) is 1. The fraction of sp³-hybridized carbons (Fsp3) is 0.500. The van der Waals surface area contributed by atoms with Crippen molar-refractivity contribution in [2.75, 3.05) is 43.9 Å². The van der Waals surface area contributed by atoms with Crippen molar-refractivity contribution in [3.63, 3.8) is 0 Å². The minimum atomic E-state index is 0.847. The molecule has 1 fully saturated rings. The first-order valence-electron chi connectivity index (χ1n) is 5.65. The molecule has 0 bridgehead atoms. The molecule has 1 aliphatic heterocycles. The highest BCUT2D eigenvalue weighted by molar-refractivity contribution is 14.1. The van der Waals surface area contributed by atoms with Crippen molar-refractivity contribution >= 4 is 34.0 Å². The fourth-order valence-electron chi connectivity index (χ4n) is 2.07. The molecular formula is C12H18IN3. The minimum Gasteiger partial charge on any atom is -0.399 e. The van der Waals surface area contributed by atoms with Crippen molar-refractivity contribution in [1.29, 1.82) is 0 Å². The molecule has 4 heteroatoms. The Morgan fingerprint density at radius 1 is 1.19 bits per heavy atom. The summed E-state index contributed by atoms with van der Waals surface area (Å²) < 4.78 is 1.25. The Balaban J connectivity index is 2.16. The summed E-state index contributed by atoms with van der Waals surface area (Å²) in [6.07, 6.45) is 1.23. The summed E-state index contributed by atoms with van der Waals surface area (Å²) >= 11 is 2.37. The molecule has 1 aliphatic rings. The molecule has 3 nitrogen and oxygen atoms in total. The van der Waals surface area contributed by atoms with Crippen LogP contribution in [0.1, 0.15) is 6.42 Å². The number of hydrogen-bond acceptors (Lipinski definition) is 3. The first-order chi connectivity index (χ1) is 7.66. The molecule has 0 aliphatic carbocycles. The number of nitrogens with two attached hydrogens (primary N) is 1. The second-order valence-electron chi connectivity index (χ2n) is 4.35. The van der Waals surface area contributed by atoms with Crippen molar-refractivity contribution in [2.24, 2.45) is 0 Å². The zero-order valence-electron chi connectivity index (χ0n) is 9.62. The van der Waals surface area contributed by atoms with Crippen molar-refractivity contribution in [3.05, 3.63) is 21.8 Å². The van der Waals surface area contributed by atoms with Crippen LogP contribution in [0.4, 0.5) is 11.4 Å². The van der Waals surface area contributed by atoms with Crippen LogP contribution in [0.3, 0.4) is 0 Å². The second kappa shape index (κ2) is 5.23. The molecule has 88 valence electrons. The highest BCUT2D eigenvalue weighted by atomic mass is 127. The average molecular weight is 331 g/mol. The SMILES string of the molecule is CN1CCCN(c2ccc(N)cc2I)CC1. The third kappa shape index (κ3) is 2.79. The van der Waals surface area contributed by atoms with Gasteiger partial charge in [0, 0.05) is 28.9 Å². The summed E-state index contributed by atoms with van der Waals surface area (Å²) in [5.74, 6) is 0. The summed E-state index contributed by atoms with van der Waals surface area (Å²) in [5, 5.41) is 0. The van der Waals surface area contributed by atoms with Crippen molar-refractivity contribution in [3.8, 4) is 0 Å². The van der Waals surface area contributed by atoms with Crippen LogP contribution >= 0.6 is 22.6 Å². The lowest BCUT2D eigenvalue weighted by Gasteiger charge is -2.24. The van der Waals surface area contributed by atoms with Crippen molar-refractivity contribution < 1.29 is 0 Å². The van der Waals surface area contributed by atoms with E-state index in [4.69, 9.17) is 5.73 Å². The number of nitrogen functional groups attached to an aromatic ring is 1. The molecular weight excluding hydrogens is 313 g/mol. The summed E-state index contributed by atoms with van der Waals surface area (Å²) in [6, 6.07) is 6.18. The van der Waals surface area contributed by atoms with Crippen LogP contribution < -0.4 is 10.6 Å². The van der Waals surface area contributed by atoms with Gasteiger partial charge in [0.15, 0.2) is 0 Å². The standard InChI is InChI=1S/C12H18IN3/c1-15-5-2-6-16(8-7-15)12-4-3-10(14)9-11(12)13/h3-4,9H,2,5-8,14H2,1H3. The van der Waals surface area contributed by atoms with E-state index in [1.54, 1.807) is 0 Å². The van der Waals surface area contributed by atoms with E-state index in [0.717, 1.165) is 25.3 Å². The van der Waals surface area contributed by atoms with E-state index in [1.807, 2.05) is 12.1 Å². The molecule has 16 heavy (non-hydrogen) atoms. The lowest BCUT2D eigenvalue weighted by Crippen LogP contribution is -2.29. The van der Waals surface area contributed by atoms with Crippen LogP contribution in [0.5, 0.6) is 0 Å². The predicted molar refractivity (Wildman–Crippen MR) is 77.9 cm³/mol. The van der Waals surface area contributed by atoms with Gasteiger partial charge in [-0.2, -0.15) is 0 Å². The third-order valence-electron chi connectivity index (χ3n) is 3.03. The number of anilines is 2. The first kappa shape index (κ1) is 12.0. The number of nitrogens with zero attached hydrogens (tertiary/aromatic N) is 2. The van der Waals surface area contributed by atoms with Gasteiger partial charge in [0.1, 0.15) is 0 Å². The van der Waals surface area contributed by atoms with Crippen molar-refractivity contribution in [1.82, 2.24) is 4.90 Å². The Morgan fingerprint density at radius 2 is 2.00 bits per heavy atom. The second-order valence-corrected chi connectivity index (χ2v) is 5.52. The molecule has 0 radical (unpaired) electrons. The largest absolute Gasteiger partial charge is 0.399 e. The maximum Gasteiger partial charge on any atom is 0.0503 e. The first-order valence-corrected chi connectivity index (χ1v) is 6.73. The van der Waals surface area contributed by atoms with Crippen LogP contribution in [0.15, 0.2) is 18.2 Å². The zero-order chi connectivity index (χ0) is 11.5. The van der Waals surface area contributed by atoms with E-state index in [-0.39, 0.29) is 0 Å². The topological polar surface area (TPSA) is 32.5 Å². The number of rotatable bonds is 1. The summed E-state index contributed by atoms with van der Waals surface area (Å²) in [5.41, 5.74) is 7.95. The normalized spacial score (nSPS) is 18.5. The fourth-order valence-corrected chi connectivity index (χ4v) is 2.95. The van der Waals surface area contributed by atoms with Gasteiger partial charge in [-0.15, -0.1) is 0 Å². The van der Waals surface area contributed by atoms with Crippen LogP contribution in [0.25, 0.3) is 0 Å². The predicted octanol–water partition coefficient (Wildman–Crippen LogP) is 2.02. The molecule has 0 atom stereocenters. The quantitative estimate of drug-likeness (QED) is 0.631. The number of benzene rings is 1. The van der Waals surface area contributed by atoms with Gasteiger partial charge in [0.05, 0.1) is 5.69 Å². The molecule has 1 saturated heterocycles. The summed E-state index contributed by atoms with van der Waals surface area (Å²) in [7, 11) is 2.19.